The van der Waals surface area contributed by atoms with E-state index in [1.807, 2.05) is 14.0 Å². The van der Waals surface area contributed by atoms with Crippen LogP contribution in [0.5, 0.6) is 0 Å². The van der Waals surface area contributed by atoms with Crippen molar-refractivity contribution < 1.29 is 0 Å². The van der Waals surface area contributed by atoms with E-state index in [0.717, 1.165) is 20.4 Å². The molecule has 0 saturated heterocycles. The van der Waals surface area contributed by atoms with Crippen LogP contribution in [-0.4, -0.2) is 17.2 Å². The second-order valence-electron chi connectivity index (χ2n) is 3.47. The Morgan fingerprint density at radius 1 is 1.41 bits per heavy atom. The molecule has 3 nitrogen and oxygen atoms in total. The average molecular weight is 330 g/mol. The van der Waals surface area contributed by atoms with Gasteiger partial charge in [0.05, 0.1) is 0 Å². The summed E-state index contributed by atoms with van der Waals surface area (Å²) in [5.74, 6) is 0. The lowest BCUT2D eigenvalue weighted by Crippen LogP contribution is -2.05. The summed E-state index contributed by atoms with van der Waals surface area (Å²) in [6, 6.07) is 6.30. The first-order valence-corrected chi connectivity index (χ1v) is 7.52. The van der Waals surface area contributed by atoms with Crippen molar-refractivity contribution in [1.29, 1.82) is 0 Å². The second-order valence-corrected chi connectivity index (χ2v) is 6.86. The topological polar surface area (TPSA) is 37.8 Å². The summed E-state index contributed by atoms with van der Waals surface area (Å²) in [7, 11) is 1.95. The number of aryl methyl sites for hydroxylation is 1. The van der Waals surface area contributed by atoms with Gasteiger partial charge in [-0.2, -0.15) is 0 Å². The predicted octanol–water partition coefficient (Wildman–Crippen LogP) is 3.48. The Hall–Kier alpha value is -0.430. The molecule has 0 spiro atoms. The number of hydrogen-bond donors (Lipinski definition) is 1. The number of aromatic nitrogens is 2. The highest BCUT2D eigenvalue weighted by Gasteiger charge is 2.08. The van der Waals surface area contributed by atoms with E-state index >= 15 is 0 Å². The van der Waals surface area contributed by atoms with Gasteiger partial charge in [0.15, 0.2) is 4.34 Å². The maximum atomic E-state index is 4.14. The molecular weight excluding hydrogens is 318 g/mol. The zero-order chi connectivity index (χ0) is 12.3. The van der Waals surface area contributed by atoms with Crippen LogP contribution in [-0.2, 0) is 6.54 Å². The molecule has 0 atom stereocenters. The van der Waals surface area contributed by atoms with Gasteiger partial charge in [-0.25, -0.2) is 0 Å². The van der Waals surface area contributed by atoms with Gasteiger partial charge in [0, 0.05) is 15.9 Å². The van der Waals surface area contributed by atoms with E-state index in [1.54, 1.807) is 23.1 Å². The number of halogens is 1. The first-order chi connectivity index (χ1) is 8.19. The van der Waals surface area contributed by atoms with Crippen molar-refractivity contribution in [1.82, 2.24) is 15.5 Å². The third kappa shape index (κ3) is 3.51. The highest BCUT2D eigenvalue weighted by Crippen LogP contribution is 2.34. The Balaban J connectivity index is 2.26. The van der Waals surface area contributed by atoms with E-state index < -0.39 is 0 Å². The first-order valence-electron chi connectivity index (χ1n) is 5.10. The molecule has 17 heavy (non-hydrogen) atoms. The average Bonchev–Trinajstić information content (AvgIpc) is 2.68. The molecule has 0 unspecified atom stereocenters. The molecule has 6 heteroatoms. The Morgan fingerprint density at radius 3 is 2.88 bits per heavy atom. The van der Waals surface area contributed by atoms with E-state index in [2.05, 4.69) is 49.6 Å². The summed E-state index contributed by atoms with van der Waals surface area (Å²) in [5.41, 5.74) is 1.27. The van der Waals surface area contributed by atoms with Crippen molar-refractivity contribution in [2.75, 3.05) is 7.05 Å². The number of nitrogens with zero attached hydrogens (tertiary/aromatic N) is 2. The maximum Gasteiger partial charge on any atom is 0.179 e. The van der Waals surface area contributed by atoms with E-state index in [-0.39, 0.29) is 0 Å². The number of nitrogens with one attached hydrogen (secondary N) is 1. The molecule has 1 aromatic heterocycles. The van der Waals surface area contributed by atoms with Gasteiger partial charge in [-0.15, -0.1) is 10.2 Å². The van der Waals surface area contributed by atoms with Gasteiger partial charge < -0.3 is 5.32 Å². The van der Waals surface area contributed by atoms with Crippen molar-refractivity contribution in [3.63, 3.8) is 0 Å². The Kier molecular flexibility index (Phi) is 4.55. The monoisotopic (exact) mass is 329 g/mol. The minimum Gasteiger partial charge on any atom is -0.316 e. The highest BCUT2D eigenvalue weighted by molar-refractivity contribution is 9.10. The second kappa shape index (κ2) is 5.95. The van der Waals surface area contributed by atoms with Gasteiger partial charge in [-0.1, -0.05) is 45.1 Å². The van der Waals surface area contributed by atoms with E-state index in [9.17, 15) is 0 Å². The zero-order valence-corrected chi connectivity index (χ0v) is 12.7. The molecule has 2 aromatic rings. The van der Waals surface area contributed by atoms with Crippen molar-refractivity contribution in [3.8, 4) is 0 Å². The van der Waals surface area contributed by atoms with Gasteiger partial charge in [-0.05, 0) is 31.7 Å². The van der Waals surface area contributed by atoms with Gasteiger partial charge in [0.2, 0.25) is 0 Å². The minimum absolute atomic E-state index is 0.855. The molecule has 1 aromatic carbocycles. The standard InChI is InChI=1S/C11H12BrN3S2/c1-7-14-15-11(16-7)17-10-5-9(12)4-3-8(10)6-13-2/h3-5,13H,6H2,1-2H3. The lowest BCUT2D eigenvalue weighted by Gasteiger charge is -2.07. The van der Waals surface area contributed by atoms with Crippen LogP contribution in [0.15, 0.2) is 31.9 Å². The minimum atomic E-state index is 0.855. The van der Waals surface area contributed by atoms with Crippen LogP contribution in [0.2, 0.25) is 0 Å². The molecule has 0 bridgehead atoms. The lowest BCUT2D eigenvalue weighted by atomic mass is 10.2. The van der Waals surface area contributed by atoms with Crippen LogP contribution in [0.25, 0.3) is 0 Å². The zero-order valence-electron chi connectivity index (χ0n) is 9.53. The van der Waals surface area contributed by atoms with Crippen molar-refractivity contribution in [2.24, 2.45) is 0 Å². The van der Waals surface area contributed by atoms with Gasteiger partial charge in [0.25, 0.3) is 0 Å². The fourth-order valence-corrected chi connectivity index (χ4v) is 3.83. The van der Waals surface area contributed by atoms with Crippen molar-refractivity contribution in [2.45, 2.75) is 22.7 Å². The summed E-state index contributed by atoms with van der Waals surface area (Å²) in [6.07, 6.45) is 0. The van der Waals surface area contributed by atoms with Crippen LogP contribution in [0, 0.1) is 6.92 Å². The first kappa shape index (κ1) is 13.0. The molecule has 0 aliphatic carbocycles. The summed E-state index contributed by atoms with van der Waals surface area (Å²) >= 11 is 6.78. The Morgan fingerprint density at radius 2 is 2.24 bits per heavy atom. The highest BCUT2D eigenvalue weighted by atomic mass is 79.9. The quantitative estimate of drug-likeness (QED) is 0.931. The molecule has 0 aliphatic rings. The molecule has 1 N–H and O–H groups in total. The molecule has 1 heterocycles. The van der Waals surface area contributed by atoms with Crippen LogP contribution in [0.3, 0.4) is 0 Å². The van der Waals surface area contributed by atoms with Crippen molar-refractivity contribution >= 4 is 39.0 Å². The van der Waals surface area contributed by atoms with Crippen LogP contribution >= 0.6 is 39.0 Å². The number of rotatable bonds is 4. The molecule has 0 amide bonds. The Bertz CT molecular complexity index is 513. The third-order valence-electron chi connectivity index (χ3n) is 2.10. The molecular formula is C11H12BrN3S2. The van der Waals surface area contributed by atoms with E-state index in [1.165, 1.54) is 10.5 Å². The summed E-state index contributed by atoms with van der Waals surface area (Å²) in [4.78, 5) is 1.21. The van der Waals surface area contributed by atoms with Gasteiger partial charge >= 0.3 is 0 Å². The van der Waals surface area contributed by atoms with Crippen LogP contribution < -0.4 is 5.32 Å². The molecule has 0 aliphatic heterocycles. The molecule has 2 rings (SSSR count). The number of benzene rings is 1. The molecule has 0 fully saturated rings. The van der Waals surface area contributed by atoms with Gasteiger partial charge in [0.1, 0.15) is 5.01 Å². The summed E-state index contributed by atoms with van der Waals surface area (Å²) < 4.78 is 2.07. The predicted molar refractivity (Wildman–Crippen MR) is 75.7 cm³/mol. The molecule has 0 saturated carbocycles. The lowest BCUT2D eigenvalue weighted by molar-refractivity contribution is 0.802. The van der Waals surface area contributed by atoms with E-state index in [4.69, 9.17) is 0 Å². The van der Waals surface area contributed by atoms with E-state index in [0.29, 0.717) is 0 Å². The summed E-state index contributed by atoms with van der Waals surface area (Å²) in [5, 5.41) is 12.3. The largest absolute Gasteiger partial charge is 0.316 e. The smallest absolute Gasteiger partial charge is 0.179 e. The van der Waals surface area contributed by atoms with Gasteiger partial charge in [-0.3, -0.25) is 0 Å². The fraction of sp³-hybridized carbons (Fsp3) is 0.273. The normalized spacial score (nSPS) is 10.8. The van der Waals surface area contributed by atoms with Crippen molar-refractivity contribution in [3.05, 3.63) is 33.2 Å². The van der Waals surface area contributed by atoms with Crippen LogP contribution in [0.1, 0.15) is 10.6 Å². The Labute approximate surface area is 117 Å². The molecule has 90 valence electrons. The van der Waals surface area contributed by atoms with Crippen LogP contribution in [0.4, 0.5) is 0 Å². The summed E-state index contributed by atoms with van der Waals surface area (Å²) in [6.45, 7) is 2.82. The SMILES string of the molecule is CNCc1ccc(Br)cc1Sc1nnc(C)s1. The maximum absolute atomic E-state index is 4.14. The number of hydrogen-bond acceptors (Lipinski definition) is 5. The molecule has 0 radical (unpaired) electrons. The third-order valence-corrected chi connectivity index (χ3v) is 4.58. The fourth-order valence-electron chi connectivity index (χ4n) is 1.37.